The average molecular weight is 487 g/mol. The van der Waals surface area contributed by atoms with Gasteiger partial charge in [0, 0.05) is 56.2 Å². The van der Waals surface area contributed by atoms with Crippen LogP contribution in [0.25, 0.3) is 11.3 Å². The molecule has 5 rings (SSSR count). The summed E-state index contributed by atoms with van der Waals surface area (Å²) >= 11 is 0. The number of carbonyl (C=O) groups is 1. The Morgan fingerprint density at radius 1 is 0.972 bits per heavy atom. The molecule has 6 heteroatoms. The van der Waals surface area contributed by atoms with Crippen LogP contribution >= 0.6 is 0 Å². The molecule has 0 bridgehead atoms. The summed E-state index contributed by atoms with van der Waals surface area (Å²) in [4.78, 5) is 17.2. The van der Waals surface area contributed by atoms with E-state index in [9.17, 15) is 4.79 Å². The lowest BCUT2D eigenvalue weighted by Crippen LogP contribution is -2.44. The molecule has 1 aliphatic carbocycles. The quantitative estimate of drug-likeness (QED) is 0.446. The second kappa shape index (κ2) is 11.7. The fourth-order valence-electron chi connectivity index (χ4n) is 5.57. The van der Waals surface area contributed by atoms with Crippen molar-refractivity contribution < 1.29 is 9.53 Å². The predicted octanol–water partition coefficient (Wildman–Crippen LogP) is 5.66. The number of benzene rings is 2. The van der Waals surface area contributed by atoms with Crippen LogP contribution in [0, 0.1) is 5.92 Å². The molecule has 3 aromatic rings. The first-order valence-electron chi connectivity index (χ1n) is 13.5. The SMILES string of the molecule is CN(Cc1cccc(OC2CCN(C(=O)C3CCCCC3)CC2)c1)Cc1cc(-c2ccccc2)n[nH]1. The highest BCUT2D eigenvalue weighted by Crippen LogP contribution is 2.28. The number of H-pyrrole nitrogens is 1. The number of hydrogen-bond donors (Lipinski definition) is 1. The number of carbonyl (C=O) groups excluding carboxylic acids is 1. The van der Waals surface area contributed by atoms with Gasteiger partial charge >= 0.3 is 0 Å². The van der Waals surface area contributed by atoms with Crippen molar-refractivity contribution in [3.05, 3.63) is 71.9 Å². The topological polar surface area (TPSA) is 61.5 Å². The summed E-state index contributed by atoms with van der Waals surface area (Å²) in [7, 11) is 2.12. The Labute approximate surface area is 214 Å². The molecule has 0 spiro atoms. The molecule has 1 saturated heterocycles. The third kappa shape index (κ3) is 6.35. The lowest BCUT2D eigenvalue weighted by atomic mass is 9.88. The highest BCUT2D eigenvalue weighted by atomic mass is 16.5. The minimum absolute atomic E-state index is 0.176. The smallest absolute Gasteiger partial charge is 0.225 e. The summed E-state index contributed by atoms with van der Waals surface area (Å²) in [6.45, 7) is 3.25. The van der Waals surface area contributed by atoms with Crippen molar-refractivity contribution in [3.63, 3.8) is 0 Å². The Bertz CT molecular complexity index is 1110. The Kier molecular flexibility index (Phi) is 8.01. The first kappa shape index (κ1) is 24.6. The van der Waals surface area contributed by atoms with Crippen molar-refractivity contribution in [2.45, 2.75) is 64.1 Å². The van der Waals surface area contributed by atoms with Crippen LogP contribution in [0.15, 0.2) is 60.7 Å². The van der Waals surface area contributed by atoms with E-state index >= 15 is 0 Å². The Hall–Kier alpha value is -3.12. The molecular formula is C30H38N4O2. The molecule has 2 aromatic carbocycles. The molecule has 0 atom stereocenters. The van der Waals surface area contributed by atoms with Gasteiger partial charge in [0.15, 0.2) is 0 Å². The molecule has 6 nitrogen and oxygen atoms in total. The van der Waals surface area contributed by atoms with Gasteiger partial charge < -0.3 is 9.64 Å². The predicted molar refractivity (Wildman–Crippen MR) is 142 cm³/mol. The van der Waals surface area contributed by atoms with Crippen LogP contribution in [0.1, 0.15) is 56.2 Å². The van der Waals surface area contributed by atoms with E-state index in [0.717, 1.165) is 74.6 Å². The highest BCUT2D eigenvalue weighted by Gasteiger charge is 2.29. The summed E-state index contributed by atoms with van der Waals surface area (Å²) in [6.07, 6.45) is 7.84. The molecule has 1 aromatic heterocycles. The third-order valence-corrected chi connectivity index (χ3v) is 7.50. The molecule has 1 N–H and O–H groups in total. The van der Waals surface area contributed by atoms with Gasteiger partial charge in [-0.05, 0) is 43.7 Å². The number of nitrogens with zero attached hydrogens (tertiary/aromatic N) is 3. The first-order chi connectivity index (χ1) is 17.6. The maximum atomic E-state index is 12.8. The molecule has 2 fully saturated rings. The van der Waals surface area contributed by atoms with E-state index in [4.69, 9.17) is 4.74 Å². The molecule has 1 saturated carbocycles. The first-order valence-corrected chi connectivity index (χ1v) is 13.5. The second-order valence-electron chi connectivity index (χ2n) is 10.4. The molecule has 0 unspecified atom stereocenters. The van der Waals surface area contributed by atoms with Gasteiger partial charge in [-0.2, -0.15) is 5.10 Å². The van der Waals surface area contributed by atoms with Gasteiger partial charge in [0.2, 0.25) is 5.91 Å². The number of likely N-dealkylation sites (tertiary alicyclic amines) is 1. The summed E-state index contributed by atoms with van der Waals surface area (Å²) in [6, 6.07) is 20.8. The molecular weight excluding hydrogens is 448 g/mol. The van der Waals surface area contributed by atoms with E-state index in [1.54, 1.807) is 0 Å². The zero-order valence-electron chi connectivity index (χ0n) is 21.4. The van der Waals surface area contributed by atoms with Gasteiger partial charge in [0.1, 0.15) is 11.9 Å². The van der Waals surface area contributed by atoms with Gasteiger partial charge in [-0.1, -0.05) is 61.7 Å². The molecule has 2 heterocycles. The van der Waals surface area contributed by atoms with Gasteiger partial charge in [0.25, 0.3) is 0 Å². The Morgan fingerprint density at radius 2 is 1.75 bits per heavy atom. The summed E-state index contributed by atoms with van der Waals surface area (Å²) < 4.78 is 6.35. The van der Waals surface area contributed by atoms with Gasteiger partial charge in [-0.25, -0.2) is 0 Å². The fourth-order valence-corrected chi connectivity index (χ4v) is 5.57. The van der Waals surface area contributed by atoms with Gasteiger partial charge in [-0.15, -0.1) is 0 Å². The minimum atomic E-state index is 0.176. The highest BCUT2D eigenvalue weighted by molar-refractivity contribution is 5.79. The largest absolute Gasteiger partial charge is 0.490 e. The molecule has 1 amide bonds. The molecule has 1 aliphatic heterocycles. The van der Waals surface area contributed by atoms with Crippen LogP contribution in [0.3, 0.4) is 0 Å². The van der Waals surface area contributed by atoms with E-state index in [2.05, 4.69) is 63.4 Å². The fraction of sp³-hybridized carbons (Fsp3) is 0.467. The number of nitrogens with one attached hydrogen (secondary N) is 1. The molecule has 36 heavy (non-hydrogen) atoms. The maximum Gasteiger partial charge on any atom is 0.225 e. The standard InChI is InChI=1S/C30H38N4O2/c1-33(22-26-20-29(32-31-26)24-10-4-2-5-11-24)21-23-9-8-14-28(19-23)36-27-15-17-34(18-16-27)30(35)25-12-6-3-7-13-25/h2,4-5,8-11,14,19-20,25,27H,3,6-7,12-13,15-18,21-22H2,1H3,(H,31,32). The van der Waals surface area contributed by atoms with Crippen molar-refractivity contribution in [2.24, 2.45) is 5.92 Å². The van der Waals surface area contributed by atoms with Crippen molar-refractivity contribution in [1.82, 2.24) is 20.0 Å². The van der Waals surface area contributed by atoms with Crippen molar-refractivity contribution in [2.75, 3.05) is 20.1 Å². The maximum absolute atomic E-state index is 12.8. The number of ether oxygens (including phenoxy) is 1. The van der Waals surface area contributed by atoms with Gasteiger partial charge in [-0.3, -0.25) is 14.8 Å². The van der Waals surface area contributed by atoms with Crippen LogP contribution in [-0.4, -0.2) is 52.1 Å². The van der Waals surface area contributed by atoms with Crippen LogP contribution in [0.2, 0.25) is 0 Å². The van der Waals surface area contributed by atoms with E-state index in [1.165, 1.54) is 24.8 Å². The van der Waals surface area contributed by atoms with E-state index in [0.29, 0.717) is 5.91 Å². The average Bonchev–Trinajstić information content (AvgIpc) is 3.38. The van der Waals surface area contributed by atoms with Crippen molar-refractivity contribution >= 4 is 5.91 Å². The number of aromatic nitrogens is 2. The van der Waals surface area contributed by atoms with E-state index in [1.807, 2.05) is 24.3 Å². The van der Waals surface area contributed by atoms with Crippen LogP contribution in [-0.2, 0) is 17.9 Å². The molecule has 2 aliphatic rings. The number of aromatic amines is 1. The van der Waals surface area contributed by atoms with Gasteiger partial charge in [0.05, 0.1) is 5.69 Å². The van der Waals surface area contributed by atoms with Crippen molar-refractivity contribution in [1.29, 1.82) is 0 Å². The number of piperidine rings is 1. The van der Waals surface area contributed by atoms with Crippen LogP contribution in [0.5, 0.6) is 5.75 Å². The van der Waals surface area contributed by atoms with E-state index in [-0.39, 0.29) is 12.0 Å². The lowest BCUT2D eigenvalue weighted by Gasteiger charge is -2.35. The summed E-state index contributed by atoms with van der Waals surface area (Å²) in [5.41, 5.74) is 4.42. The van der Waals surface area contributed by atoms with Crippen LogP contribution in [0.4, 0.5) is 0 Å². The second-order valence-corrected chi connectivity index (χ2v) is 10.4. The number of hydrogen-bond acceptors (Lipinski definition) is 4. The number of rotatable bonds is 8. The Balaban J connectivity index is 1.10. The van der Waals surface area contributed by atoms with Crippen molar-refractivity contribution in [3.8, 4) is 17.0 Å². The molecule has 0 radical (unpaired) electrons. The minimum Gasteiger partial charge on any atom is -0.490 e. The zero-order valence-corrected chi connectivity index (χ0v) is 21.4. The third-order valence-electron chi connectivity index (χ3n) is 7.50. The zero-order chi connectivity index (χ0) is 24.7. The monoisotopic (exact) mass is 486 g/mol. The normalized spacial score (nSPS) is 17.4. The van der Waals surface area contributed by atoms with E-state index < -0.39 is 0 Å². The summed E-state index contributed by atoms with van der Waals surface area (Å²) in [5.74, 6) is 1.56. The summed E-state index contributed by atoms with van der Waals surface area (Å²) in [5, 5.41) is 7.65. The number of amides is 1. The van der Waals surface area contributed by atoms with Crippen LogP contribution < -0.4 is 4.74 Å². The Morgan fingerprint density at radius 3 is 2.53 bits per heavy atom. The lowest BCUT2D eigenvalue weighted by molar-refractivity contribution is -0.138. The molecule has 190 valence electrons.